The van der Waals surface area contributed by atoms with Gasteiger partial charge in [0.25, 0.3) is 0 Å². The number of aliphatic hydroxyl groups is 4. The summed E-state index contributed by atoms with van der Waals surface area (Å²) in [5, 5.41) is 80.8. The monoisotopic (exact) mass is 823 g/mol. The second-order valence-corrected chi connectivity index (χ2v) is 22.1. The van der Waals surface area contributed by atoms with Crippen molar-refractivity contribution in [3.05, 3.63) is 48.0 Å². The molecule has 2 aromatic heterocycles. The van der Waals surface area contributed by atoms with Crippen molar-refractivity contribution in [2.75, 3.05) is 0 Å². The molecule has 13 nitrogen and oxygen atoms in total. The van der Waals surface area contributed by atoms with Gasteiger partial charge in [0.1, 0.15) is 5.78 Å². The molecule has 5 unspecified atom stereocenters. The molecule has 8 N–H and O–H groups in total. The maximum Gasteiger partial charge on any atom is 0.206 e. The van der Waals surface area contributed by atoms with Crippen LogP contribution in [-0.4, -0.2) is 69.5 Å². The van der Waals surface area contributed by atoms with Gasteiger partial charge in [-0.15, -0.1) is 0 Å². The fourth-order valence-corrected chi connectivity index (χ4v) is 18.0. The van der Waals surface area contributed by atoms with E-state index in [1.807, 2.05) is 12.1 Å². The summed E-state index contributed by atoms with van der Waals surface area (Å²) in [6.45, 7) is 9.16. The lowest BCUT2D eigenvalue weighted by atomic mass is 9.31. The fourth-order valence-electron chi connectivity index (χ4n) is 18.0. The van der Waals surface area contributed by atoms with E-state index in [0.717, 1.165) is 68.2 Å². The van der Waals surface area contributed by atoms with Crippen molar-refractivity contribution < 1.29 is 25.2 Å². The summed E-state index contributed by atoms with van der Waals surface area (Å²) in [5.74, 6) is 0.528. The van der Waals surface area contributed by atoms with Crippen LogP contribution in [0.1, 0.15) is 148 Å². The molecular weight excluding hydrogens is 757 g/mol. The van der Waals surface area contributed by atoms with Gasteiger partial charge in [-0.2, -0.15) is 25.5 Å². The zero-order chi connectivity index (χ0) is 42.4. The van der Waals surface area contributed by atoms with Crippen molar-refractivity contribution in [3.8, 4) is 0 Å². The Kier molecular flexibility index (Phi) is 8.86. The topological polar surface area (TPSA) is 224 Å². The lowest BCUT2D eigenvalue weighted by Crippen LogP contribution is -2.71. The Morgan fingerprint density at radius 3 is 1.85 bits per heavy atom. The second kappa shape index (κ2) is 13.1. The lowest BCUT2D eigenvalue weighted by Gasteiger charge is -2.73. The minimum atomic E-state index is -1.23. The van der Waals surface area contributed by atoms with Crippen LogP contribution in [0, 0.1) is 68.0 Å². The van der Waals surface area contributed by atoms with Crippen LogP contribution in [0.15, 0.2) is 42.0 Å². The molecule has 0 bridgehead atoms. The normalized spacial score (nSPS) is 51.3. The summed E-state index contributed by atoms with van der Waals surface area (Å²) in [4.78, 5) is 14.4. The quantitative estimate of drug-likeness (QED) is 0.113. The van der Waals surface area contributed by atoms with Crippen LogP contribution in [0.2, 0.25) is 0 Å². The summed E-state index contributed by atoms with van der Waals surface area (Å²) in [5.41, 5.74) is 3.89. The van der Waals surface area contributed by atoms with Crippen molar-refractivity contribution >= 4 is 17.5 Å². The predicted molar refractivity (Wildman–Crippen MR) is 224 cm³/mol. The highest BCUT2D eigenvalue weighted by Gasteiger charge is 2.78. The molecule has 2 aromatic rings. The fraction of sp³-hybridized carbons (Fsp3) is 0.766. The van der Waals surface area contributed by atoms with Gasteiger partial charge < -0.3 is 26.2 Å². The number of carbonyl (C=O) groups excluding carboxylic acids is 1. The second-order valence-electron chi connectivity index (χ2n) is 22.1. The molecule has 0 radical (unpaired) electrons. The van der Waals surface area contributed by atoms with Crippen LogP contribution in [0.25, 0.3) is 0 Å². The van der Waals surface area contributed by atoms with Gasteiger partial charge in [-0.1, -0.05) is 27.7 Å². The van der Waals surface area contributed by atoms with Crippen molar-refractivity contribution in [2.45, 2.75) is 159 Å². The Balaban J connectivity index is 1.07. The van der Waals surface area contributed by atoms with Gasteiger partial charge in [-0.3, -0.25) is 10.2 Å². The number of nitrogens with one attached hydrogen (secondary N) is 2. The maximum atomic E-state index is 14.4. The van der Waals surface area contributed by atoms with Crippen LogP contribution in [0.3, 0.4) is 0 Å². The molecule has 0 aliphatic heterocycles. The number of hydrazone groups is 1. The van der Waals surface area contributed by atoms with E-state index < -0.39 is 33.2 Å². The number of rotatable bonds is 4. The number of aromatic nitrogens is 4. The number of hydrogen-bond acceptors (Lipinski definition) is 11. The van der Waals surface area contributed by atoms with E-state index in [2.05, 4.69) is 53.5 Å². The standard InChI is InChI=1S/C47H66N8O5/c1-39-13-7-31(54-55-38(48)49)25-43(39,16-10-36-33(39)8-14-40(2)44(57,18-20-47(36,40)60)29-11-21-50-52-26-29)37-24-32(56)23-28-5-6-35-34(42(28,37)4)9-15-41(3)45(58,17-19-46(35,41)59)30-12-22-51-53-27-30/h11-12,21-22,26-28,33-37,57-60H,5-10,13-20,23-25H2,1-4H3,(H4,48,49,55)/t28?,33-,34-,35-,36-,37?,39-,40-,41-,42+,43?,44?,45?,46-,47-/m1/s1. The largest absolute Gasteiger partial charge is 0.389 e. The molecule has 10 rings (SSSR count). The Hall–Kier alpha value is -3.39. The summed E-state index contributed by atoms with van der Waals surface area (Å²) in [6.07, 6.45) is 18.1. The third kappa shape index (κ3) is 4.81. The van der Waals surface area contributed by atoms with E-state index in [9.17, 15) is 25.2 Å². The summed E-state index contributed by atoms with van der Waals surface area (Å²) in [6, 6.07) is 3.70. The van der Waals surface area contributed by atoms with E-state index >= 15 is 0 Å². The van der Waals surface area contributed by atoms with Crippen molar-refractivity contribution in [1.29, 1.82) is 5.41 Å². The first-order valence-electron chi connectivity index (χ1n) is 23.0. The highest BCUT2D eigenvalue weighted by molar-refractivity contribution is 5.88. The highest BCUT2D eigenvalue weighted by Crippen LogP contribution is 2.80. The van der Waals surface area contributed by atoms with Gasteiger partial charge in [0.2, 0.25) is 5.96 Å². The van der Waals surface area contributed by atoms with Crippen molar-refractivity contribution in [2.24, 2.45) is 73.4 Å². The Labute approximate surface area is 353 Å². The Bertz CT molecular complexity index is 2110. The van der Waals surface area contributed by atoms with Crippen LogP contribution in [-0.2, 0) is 16.0 Å². The zero-order valence-electron chi connectivity index (χ0n) is 36.0. The van der Waals surface area contributed by atoms with Crippen LogP contribution >= 0.6 is 0 Å². The van der Waals surface area contributed by atoms with E-state index in [4.69, 9.17) is 16.2 Å². The van der Waals surface area contributed by atoms with Gasteiger partial charge in [0.05, 0.1) is 34.8 Å². The van der Waals surface area contributed by atoms with Crippen molar-refractivity contribution in [3.63, 3.8) is 0 Å². The van der Waals surface area contributed by atoms with E-state index in [1.54, 1.807) is 24.8 Å². The first-order valence-corrected chi connectivity index (χ1v) is 23.0. The van der Waals surface area contributed by atoms with Gasteiger partial charge in [0.15, 0.2) is 0 Å². The zero-order valence-corrected chi connectivity index (χ0v) is 36.0. The number of guanidine groups is 1. The molecule has 8 aliphatic carbocycles. The predicted octanol–water partition coefficient (Wildman–Crippen LogP) is 5.66. The molecule has 0 amide bonds. The SMILES string of the molecule is C[C@]12C(CC[C@@H]3[C@H]1CC[C@]1(C)C(O)(c4ccnnc4)CC[C@@]31O)CC(=O)CC2C12CC[C@@H]3[C@@H](CC[C@]4(C)C(O)(c5ccnnc5)CC[C@@]34O)[C@@]1(C)CCC(=NNC(=N)N)C2. The average molecular weight is 823 g/mol. The molecule has 0 saturated heterocycles. The third-order valence-corrected chi connectivity index (χ3v) is 21.2. The number of nitrogens with zero attached hydrogens (tertiary/aromatic N) is 5. The molecule has 15 atom stereocenters. The molecule has 60 heavy (non-hydrogen) atoms. The molecule has 2 heterocycles. The molecule has 8 fully saturated rings. The maximum absolute atomic E-state index is 14.4. The minimum absolute atomic E-state index is 0.00169. The summed E-state index contributed by atoms with van der Waals surface area (Å²) >= 11 is 0. The van der Waals surface area contributed by atoms with Crippen LogP contribution < -0.4 is 11.2 Å². The van der Waals surface area contributed by atoms with E-state index in [-0.39, 0.29) is 57.7 Å². The Morgan fingerprint density at radius 2 is 1.28 bits per heavy atom. The Morgan fingerprint density at radius 1 is 0.717 bits per heavy atom. The van der Waals surface area contributed by atoms with E-state index in [0.29, 0.717) is 63.6 Å². The number of hydrogen-bond donors (Lipinski definition) is 7. The van der Waals surface area contributed by atoms with Crippen molar-refractivity contribution in [1.82, 2.24) is 25.8 Å². The number of ketones is 1. The summed E-state index contributed by atoms with van der Waals surface area (Å²) < 4.78 is 0. The molecule has 8 aliphatic rings. The van der Waals surface area contributed by atoms with E-state index in [1.165, 1.54) is 0 Å². The number of carbonyl (C=O) groups is 1. The number of fused-ring (bicyclic) bond motifs is 10. The van der Waals surface area contributed by atoms with Crippen LogP contribution in [0.5, 0.6) is 0 Å². The number of nitrogens with two attached hydrogens (primary N) is 1. The first kappa shape index (κ1) is 40.7. The molecule has 324 valence electrons. The minimum Gasteiger partial charge on any atom is -0.389 e. The average Bonchev–Trinajstić information content (AvgIpc) is 3.60. The van der Waals surface area contributed by atoms with Gasteiger partial charge in [-0.25, -0.2) is 5.43 Å². The third-order valence-electron chi connectivity index (χ3n) is 21.2. The molecule has 8 saturated carbocycles. The van der Waals surface area contributed by atoms with Gasteiger partial charge in [0, 0.05) is 52.9 Å². The van der Waals surface area contributed by atoms with Gasteiger partial charge >= 0.3 is 0 Å². The summed E-state index contributed by atoms with van der Waals surface area (Å²) in [7, 11) is 0. The number of Topliss-reactive ketones (excluding diaryl/α,β-unsaturated/α-hetero) is 1. The molecular formula is C47H66N8O5. The van der Waals surface area contributed by atoms with Gasteiger partial charge in [-0.05, 0) is 160 Å². The first-order chi connectivity index (χ1) is 28.4. The molecule has 0 spiro atoms. The molecule has 0 aromatic carbocycles. The molecule has 13 heteroatoms. The smallest absolute Gasteiger partial charge is 0.206 e. The van der Waals surface area contributed by atoms with Crippen LogP contribution in [0.4, 0.5) is 0 Å². The lowest BCUT2D eigenvalue weighted by molar-refractivity contribution is -0.280. The highest BCUT2D eigenvalue weighted by atomic mass is 16.3.